The van der Waals surface area contributed by atoms with E-state index in [0.29, 0.717) is 11.3 Å². The normalized spacial score (nSPS) is 10.1. The van der Waals surface area contributed by atoms with Gasteiger partial charge < -0.3 is 15.6 Å². The van der Waals surface area contributed by atoms with Gasteiger partial charge in [-0.3, -0.25) is 0 Å². The van der Waals surface area contributed by atoms with Gasteiger partial charge in [-0.15, -0.1) is 0 Å². The third-order valence-electron chi connectivity index (χ3n) is 2.33. The molecule has 0 saturated carbocycles. The second-order valence-corrected chi connectivity index (χ2v) is 3.33. The fourth-order valence-corrected chi connectivity index (χ4v) is 1.23. The van der Waals surface area contributed by atoms with E-state index < -0.39 is 5.97 Å². The molecule has 4 nitrogen and oxygen atoms in total. The van der Waals surface area contributed by atoms with E-state index in [1.807, 2.05) is 19.9 Å². The molecule has 0 unspecified atom stereocenters. The summed E-state index contributed by atoms with van der Waals surface area (Å²) < 4.78 is 4.78. The van der Waals surface area contributed by atoms with Crippen molar-refractivity contribution in [2.45, 2.75) is 13.8 Å². The van der Waals surface area contributed by atoms with Crippen molar-refractivity contribution in [2.24, 2.45) is 0 Å². The Balaban J connectivity index is 2.95. The number of aliphatic hydroxyl groups is 1. The standard InChI is InChI=1S/C11H15NO3/c1-7-3-4-9(10(12)8(7)2)11(14)15-6-5-13/h3-4,13H,5-6,12H2,1-2H3. The van der Waals surface area contributed by atoms with Crippen LogP contribution in [0.25, 0.3) is 0 Å². The predicted molar refractivity (Wildman–Crippen MR) is 57.7 cm³/mol. The molecule has 0 heterocycles. The Morgan fingerprint density at radius 1 is 1.47 bits per heavy atom. The summed E-state index contributed by atoms with van der Waals surface area (Å²) in [6.45, 7) is 3.59. The number of esters is 1. The number of carbonyl (C=O) groups excluding carboxylic acids is 1. The molecule has 4 heteroatoms. The quantitative estimate of drug-likeness (QED) is 0.576. The van der Waals surface area contributed by atoms with Crippen LogP contribution in [0.4, 0.5) is 5.69 Å². The van der Waals surface area contributed by atoms with Crippen molar-refractivity contribution in [3.8, 4) is 0 Å². The maximum absolute atomic E-state index is 11.5. The first-order valence-electron chi connectivity index (χ1n) is 4.71. The molecule has 82 valence electrons. The average Bonchev–Trinajstić information content (AvgIpc) is 2.23. The number of hydrogen-bond acceptors (Lipinski definition) is 4. The Morgan fingerprint density at radius 3 is 2.73 bits per heavy atom. The monoisotopic (exact) mass is 209 g/mol. The highest BCUT2D eigenvalue weighted by atomic mass is 16.5. The second kappa shape index (κ2) is 4.79. The Bertz CT molecular complexity index is 374. The molecule has 3 N–H and O–H groups in total. The van der Waals surface area contributed by atoms with Crippen molar-refractivity contribution >= 4 is 11.7 Å². The molecular weight excluding hydrogens is 194 g/mol. The summed E-state index contributed by atoms with van der Waals surface area (Å²) in [6.07, 6.45) is 0. The van der Waals surface area contributed by atoms with Crippen molar-refractivity contribution < 1.29 is 14.6 Å². The van der Waals surface area contributed by atoms with Gasteiger partial charge in [0.25, 0.3) is 0 Å². The summed E-state index contributed by atoms with van der Waals surface area (Å²) in [5.74, 6) is -0.496. The zero-order valence-electron chi connectivity index (χ0n) is 8.91. The van der Waals surface area contributed by atoms with Crippen LogP contribution in [0.1, 0.15) is 21.5 Å². The minimum Gasteiger partial charge on any atom is -0.460 e. The summed E-state index contributed by atoms with van der Waals surface area (Å²) in [5, 5.41) is 8.52. The predicted octanol–water partition coefficient (Wildman–Crippen LogP) is 1.03. The van der Waals surface area contributed by atoms with E-state index in [4.69, 9.17) is 15.6 Å². The van der Waals surface area contributed by atoms with E-state index in [0.717, 1.165) is 11.1 Å². The van der Waals surface area contributed by atoms with Crippen LogP contribution in [-0.4, -0.2) is 24.3 Å². The molecule has 0 aliphatic heterocycles. The van der Waals surface area contributed by atoms with Gasteiger partial charge >= 0.3 is 5.97 Å². The number of nitrogen functional groups attached to an aromatic ring is 1. The lowest BCUT2D eigenvalue weighted by molar-refractivity contribution is 0.0435. The molecule has 0 aliphatic rings. The fraction of sp³-hybridized carbons (Fsp3) is 0.364. The van der Waals surface area contributed by atoms with Gasteiger partial charge in [-0.05, 0) is 31.0 Å². The van der Waals surface area contributed by atoms with Crippen LogP contribution in [0.5, 0.6) is 0 Å². The van der Waals surface area contributed by atoms with Gasteiger partial charge in [0, 0.05) is 5.69 Å². The molecule has 0 bridgehead atoms. The molecule has 0 aromatic heterocycles. The Labute approximate surface area is 88.7 Å². The zero-order valence-corrected chi connectivity index (χ0v) is 8.91. The number of carbonyl (C=O) groups is 1. The summed E-state index contributed by atoms with van der Waals surface area (Å²) in [5.41, 5.74) is 8.50. The van der Waals surface area contributed by atoms with E-state index in [-0.39, 0.29) is 13.2 Å². The van der Waals surface area contributed by atoms with Gasteiger partial charge in [0.15, 0.2) is 0 Å². The summed E-state index contributed by atoms with van der Waals surface area (Å²) in [7, 11) is 0. The average molecular weight is 209 g/mol. The summed E-state index contributed by atoms with van der Waals surface area (Å²) >= 11 is 0. The third-order valence-corrected chi connectivity index (χ3v) is 2.33. The van der Waals surface area contributed by atoms with E-state index in [1.165, 1.54) is 0 Å². The van der Waals surface area contributed by atoms with Gasteiger partial charge in [-0.25, -0.2) is 4.79 Å². The minimum atomic E-state index is -0.496. The first kappa shape index (κ1) is 11.5. The molecule has 1 aromatic rings. The van der Waals surface area contributed by atoms with Crippen LogP contribution in [0.3, 0.4) is 0 Å². The molecule has 1 rings (SSSR count). The molecule has 0 aliphatic carbocycles. The minimum absolute atomic E-state index is 0.00873. The number of hydrogen-bond donors (Lipinski definition) is 2. The summed E-state index contributed by atoms with van der Waals surface area (Å²) in [4.78, 5) is 11.5. The molecule has 0 saturated heterocycles. The number of aliphatic hydroxyl groups excluding tert-OH is 1. The highest BCUT2D eigenvalue weighted by Gasteiger charge is 2.13. The van der Waals surface area contributed by atoms with Gasteiger partial charge in [-0.2, -0.15) is 0 Å². The Hall–Kier alpha value is -1.55. The molecule has 1 aromatic carbocycles. The number of anilines is 1. The van der Waals surface area contributed by atoms with Gasteiger partial charge in [0.05, 0.1) is 12.2 Å². The largest absolute Gasteiger partial charge is 0.460 e. The lowest BCUT2D eigenvalue weighted by atomic mass is 10.0. The van der Waals surface area contributed by atoms with Crippen molar-refractivity contribution in [1.82, 2.24) is 0 Å². The lowest BCUT2D eigenvalue weighted by Crippen LogP contribution is -2.12. The van der Waals surface area contributed by atoms with Gasteiger partial charge in [-0.1, -0.05) is 6.07 Å². The number of benzene rings is 1. The van der Waals surface area contributed by atoms with Gasteiger partial charge in [0.2, 0.25) is 0 Å². The van der Waals surface area contributed by atoms with Crippen LogP contribution in [0, 0.1) is 13.8 Å². The Kier molecular flexibility index (Phi) is 3.68. The van der Waals surface area contributed by atoms with Crippen molar-refractivity contribution in [1.29, 1.82) is 0 Å². The van der Waals surface area contributed by atoms with E-state index in [2.05, 4.69) is 0 Å². The van der Waals surface area contributed by atoms with Crippen LogP contribution >= 0.6 is 0 Å². The van der Waals surface area contributed by atoms with Crippen LogP contribution < -0.4 is 5.73 Å². The molecule has 15 heavy (non-hydrogen) atoms. The molecule has 0 fully saturated rings. The molecule has 0 spiro atoms. The molecular formula is C11H15NO3. The lowest BCUT2D eigenvalue weighted by Gasteiger charge is -2.09. The fourth-order valence-electron chi connectivity index (χ4n) is 1.23. The molecule has 0 radical (unpaired) electrons. The van der Waals surface area contributed by atoms with E-state index in [1.54, 1.807) is 6.07 Å². The first-order chi connectivity index (χ1) is 7.07. The van der Waals surface area contributed by atoms with Crippen molar-refractivity contribution in [3.63, 3.8) is 0 Å². The highest BCUT2D eigenvalue weighted by molar-refractivity contribution is 5.96. The summed E-state index contributed by atoms with van der Waals surface area (Å²) in [6, 6.07) is 3.46. The third kappa shape index (κ3) is 2.47. The number of ether oxygens (including phenoxy) is 1. The smallest absolute Gasteiger partial charge is 0.340 e. The van der Waals surface area contributed by atoms with Crippen molar-refractivity contribution in [3.05, 3.63) is 28.8 Å². The topological polar surface area (TPSA) is 72.5 Å². The second-order valence-electron chi connectivity index (χ2n) is 3.33. The molecule has 0 amide bonds. The molecule has 0 atom stereocenters. The highest BCUT2D eigenvalue weighted by Crippen LogP contribution is 2.21. The SMILES string of the molecule is Cc1ccc(C(=O)OCCO)c(N)c1C. The van der Waals surface area contributed by atoms with Crippen LogP contribution in [0.2, 0.25) is 0 Å². The van der Waals surface area contributed by atoms with E-state index >= 15 is 0 Å². The zero-order chi connectivity index (χ0) is 11.4. The number of rotatable bonds is 3. The first-order valence-corrected chi connectivity index (χ1v) is 4.71. The van der Waals surface area contributed by atoms with Gasteiger partial charge in [0.1, 0.15) is 6.61 Å². The van der Waals surface area contributed by atoms with Crippen LogP contribution in [-0.2, 0) is 4.74 Å². The number of nitrogens with two attached hydrogens (primary N) is 1. The van der Waals surface area contributed by atoms with Crippen LogP contribution in [0.15, 0.2) is 12.1 Å². The van der Waals surface area contributed by atoms with Crippen molar-refractivity contribution in [2.75, 3.05) is 18.9 Å². The Morgan fingerprint density at radius 2 is 2.13 bits per heavy atom. The maximum atomic E-state index is 11.5. The maximum Gasteiger partial charge on any atom is 0.340 e. The van der Waals surface area contributed by atoms with E-state index in [9.17, 15) is 4.79 Å². The number of aryl methyl sites for hydroxylation is 1.